The first-order valence-electron chi connectivity index (χ1n) is 7.70. The molecule has 0 spiro atoms. The molecule has 4 rings (SSSR count). The predicted molar refractivity (Wildman–Crippen MR) is 96.5 cm³/mol. The zero-order valence-electron chi connectivity index (χ0n) is 13.3. The van der Waals surface area contributed by atoms with Crippen LogP contribution in [0.4, 0.5) is 10.1 Å². The van der Waals surface area contributed by atoms with E-state index in [1.54, 1.807) is 30.5 Å². The van der Waals surface area contributed by atoms with Gasteiger partial charge in [0.1, 0.15) is 17.8 Å². The molecule has 0 aliphatic heterocycles. The topological polar surface area (TPSA) is 87.7 Å². The molecule has 130 valence electrons. The molecule has 0 amide bonds. The molecular formula is C18H13FN4O2S. The number of H-pyrrole nitrogens is 1. The van der Waals surface area contributed by atoms with E-state index in [2.05, 4.69) is 19.7 Å². The molecular weight excluding hydrogens is 355 g/mol. The van der Waals surface area contributed by atoms with Crippen molar-refractivity contribution in [2.45, 2.75) is 4.90 Å². The van der Waals surface area contributed by atoms with Crippen molar-refractivity contribution in [3.8, 4) is 11.3 Å². The number of hydrogen-bond donors (Lipinski definition) is 2. The fourth-order valence-corrected chi connectivity index (χ4v) is 3.69. The fourth-order valence-electron chi connectivity index (χ4n) is 2.63. The molecule has 2 N–H and O–H groups in total. The number of fused-ring (bicyclic) bond motifs is 1. The second-order valence-corrected chi connectivity index (χ2v) is 7.28. The highest BCUT2D eigenvalue weighted by Gasteiger charge is 2.14. The van der Waals surface area contributed by atoms with E-state index in [4.69, 9.17) is 0 Å². The number of aromatic nitrogens is 3. The summed E-state index contributed by atoms with van der Waals surface area (Å²) >= 11 is 0. The third kappa shape index (κ3) is 3.02. The van der Waals surface area contributed by atoms with E-state index >= 15 is 0 Å². The van der Waals surface area contributed by atoms with Gasteiger partial charge in [-0.25, -0.2) is 22.8 Å². The van der Waals surface area contributed by atoms with Crippen LogP contribution >= 0.6 is 0 Å². The summed E-state index contributed by atoms with van der Waals surface area (Å²) in [5.74, 6) is -0.491. The van der Waals surface area contributed by atoms with Gasteiger partial charge < -0.3 is 4.98 Å². The Morgan fingerprint density at radius 2 is 1.65 bits per heavy atom. The highest BCUT2D eigenvalue weighted by Crippen LogP contribution is 2.26. The molecule has 2 heterocycles. The number of aromatic amines is 1. The maximum absolute atomic E-state index is 13.0. The van der Waals surface area contributed by atoms with Crippen LogP contribution in [0.5, 0.6) is 0 Å². The lowest BCUT2D eigenvalue weighted by Gasteiger charge is -2.09. The molecule has 2 aromatic carbocycles. The van der Waals surface area contributed by atoms with Crippen LogP contribution in [0.1, 0.15) is 0 Å². The van der Waals surface area contributed by atoms with E-state index in [9.17, 15) is 12.8 Å². The molecule has 26 heavy (non-hydrogen) atoms. The van der Waals surface area contributed by atoms with Crippen LogP contribution in [-0.4, -0.2) is 23.4 Å². The minimum Gasteiger partial charge on any atom is -0.346 e. The molecule has 0 saturated heterocycles. The summed E-state index contributed by atoms with van der Waals surface area (Å²) in [5.41, 5.74) is 2.72. The van der Waals surface area contributed by atoms with Crippen LogP contribution in [0.25, 0.3) is 22.3 Å². The minimum atomic E-state index is -3.78. The van der Waals surface area contributed by atoms with Gasteiger partial charge in [0, 0.05) is 22.8 Å². The largest absolute Gasteiger partial charge is 0.346 e. The number of anilines is 1. The van der Waals surface area contributed by atoms with E-state index < -0.39 is 15.8 Å². The van der Waals surface area contributed by atoms with Crippen LogP contribution in [-0.2, 0) is 10.0 Å². The standard InChI is InChI=1S/C18H13FN4O2S/c19-13-3-7-15(8-4-13)26(24,25)23-14-5-1-12(2-6-14)17-16-9-10-20-18(16)22-11-21-17/h1-11,23H,(H,20,21,22). The highest BCUT2D eigenvalue weighted by atomic mass is 32.2. The van der Waals surface area contributed by atoms with Gasteiger partial charge >= 0.3 is 0 Å². The number of benzene rings is 2. The molecule has 8 heteroatoms. The van der Waals surface area contributed by atoms with E-state index in [-0.39, 0.29) is 4.90 Å². The summed E-state index contributed by atoms with van der Waals surface area (Å²) in [6.07, 6.45) is 3.26. The number of hydrogen-bond acceptors (Lipinski definition) is 4. The summed E-state index contributed by atoms with van der Waals surface area (Å²) in [5, 5.41) is 0.882. The van der Waals surface area contributed by atoms with E-state index in [0.29, 0.717) is 5.69 Å². The molecule has 0 aliphatic carbocycles. The Labute approximate surface area is 148 Å². The molecule has 0 bridgehead atoms. The lowest BCUT2D eigenvalue weighted by Crippen LogP contribution is -2.12. The first kappa shape index (κ1) is 16.2. The van der Waals surface area contributed by atoms with Crippen molar-refractivity contribution >= 4 is 26.7 Å². The van der Waals surface area contributed by atoms with Crippen LogP contribution < -0.4 is 4.72 Å². The second kappa shape index (κ2) is 6.23. The van der Waals surface area contributed by atoms with E-state index in [1.165, 1.54) is 18.5 Å². The van der Waals surface area contributed by atoms with Crippen molar-refractivity contribution < 1.29 is 12.8 Å². The number of sulfonamides is 1. The molecule has 0 unspecified atom stereocenters. The van der Waals surface area contributed by atoms with Crippen molar-refractivity contribution in [3.63, 3.8) is 0 Å². The zero-order valence-corrected chi connectivity index (χ0v) is 14.2. The minimum absolute atomic E-state index is 0.00666. The quantitative estimate of drug-likeness (QED) is 0.576. The Balaban J connectivity index is 1.62. The number of rotatable bonds is 4. The predicted octanol–water partition coefficient (Wildman–Crippen LogP) is 3.56. The van der Waals surface area contributed by atoms with Crippen molar-refractivity contribution in [2.24, 2.45) is 0 Å². The molecule has 6 nitrogen and oxygen atoms in total. The van der Waals surface area contributed by atoms with Crippen LogP contribution in [0, 0.1) is 5.82 Å². The third-order valence-electron chi connectivity index (χ3n) is 3.89. The second-order valence-electron chi connectivity index (χ2n) is 5.60. The summed E-state index contributed by atoms with van der Waals surface area (Å²) in [6, 6.07) is 13.4. The molecule has 4 aromatic rings. The van der Waals surface area contributed by atoms with Gasteiger partial charge in [-0.3, -0.25) is 4.72 Å². The summed E-state index contributed by atoms with van der Waals surface area (Å²) < 4.78 is 40.1. The van der Waals surface area contributed by atoms with Gasteiger partial charge in [-0.2, -0.15) is 0 Å². The molecule has 0 fully saturated rings. The molecule has 0 radical (unpaired) electrons. The summed E-state index contributed by atoms with van der Waals surface area (Å²) in [6.45, 7) is 0. The average molecular weight is 368 g/mol. The lowest BCUT2D eigenvalue weighted by atomic mass is 10.1. The summed E-state index contributed by atoms with van der Waals surface area (Å²) in [4.78, 5) is 11.5. The normalized spacial score (nSPS) is 11.6. The van der Waals surface area contributed by atoms with Crippen molar-refractivity contribution in [1.29, 1.82) is 0 Å². The van der Waals surface area contributed by atoms with E-state index in [1.807, 2.05) is 6.07 Å². The number of nitrogens with one attached hydrogen (secondary N) is 2. The van der Waals surface area contributed by atoms with Gasteiger partial charge in [0.2, 0.25) is 0 Å². The van der Waals surface area contributed by atoms with Crippen molar-refractivity contribution in [1.82, 2.24) is 15.0 Å². The Morgan fingerprint density at radius 3 is 2.38 bits per heavy atom. The summed E-state index contributed by atoms with van der Waals surface area (Å²) in [7, 11) is -3.78. The van der Waals surface area contributed by atoms with Crippen LogP contribution in [0.15, 0.2) is 72.0 Å². The molecule has 2 aromatic heterocycles. The monoisotopic (exact) mass is 368 g/mol. The maximum atomic E-state index is 13.0. The van der Waals surface area contributed by atoms with Crippen molar-refractivity contribution in [3.05, 3.63) is 72.9 Å². The average Bonchev–Trinajstić information content (AvgIpc) is 3.11. The maximum Gasteiger partial charge on any atom is 0.261 e. The first-order chi connectivity index (χ1) is 12.5. The Hall–Kier alpha value is -3.26. The molecule has 0 aliphatic rings. The van der Waals surface area contributed by atoms with Crippen molar-refractivity contribution in [2.75, 3.05) is 4.72 Å². The van der Waals surface area contributed by atoms with Gasteiger partial charge in [0.25, 0.3) is 10.0 Å². The fraction of sp³-hybridized carbons (Fsp3) is 0. The smallest absolute Gasteiger partial charge is 0.261 e. The van der Waals surface area contributed by atoms with E-state index in [0.717, 1.165) is 34.4 Å². The van der Waals surface area contributed by atoms with Gasteiger partial charge in [-0.05, 0) is 42.5 Å². The zero-order chi connectivity index (χ0) is 18.1. The lowest BCUT2D eigenvalue weighted by molar-refractivity contribution is 0.599. The SMILES string of the molecule is O=S(=O)(Nc1ccc(-c2ncnc3[nH]ccc23)cc1)c1ccc(F)cc1. The number of halogens is 1. The molecule has 0 atom stereocenters. The Bertz CT molecular complexity index is 1170. The van der Waals surface area contributed by atoms with Gasteiger partial charge in [0.05, 0.1) is 10.6 Å². The Morgan fingerprint density at radius 1 is 0.923 bits per heavy atom. The van der Waals surface area contributed by atoms with Crippen LogP contribution in [0.2, 0.25) is 0 Å². The van der Waals surface area contributed by atoms with Gasteiger partial charge in [-0.15, -0.1) is 0 Å². The van der Waals surface area contributed by atoms with Crippen LogP contribution in [0.3, 0.4) is 0 Å². The first-order valence-corrected chi connectivity index (χ1v) is 9.18. The highest BCUT2D eigenvalue weighted by molar-refractivity contribution is 7.92. The third-order valence-corrected chi connectivity index (χ3v) is 5.29. The Kier molecular flexibility index (Phi) is 3.89. The molecule has 0 saturated carbocycles. The van der Waals surface area contributed by atoms with Gasteiger partial charge in [0.15, 0.2) is 0 Å². The number of nitrogens with zero attached hydrogens (tertiary/aromatic N) is 2. The van der Waals surface area contributed by atoms with Gasteiger partial charge in [-0.1, -0.05) is 12.1 Å².